The highest BCUT2D eigenvalue weighted by atomic mass is 32.2. The van der Waals surface area contributed by atoms with Gasteiger partial charge < -0.3 is 15.3 Å². The summed E-state index contributed by atoms with van der Waals surface area (Å²) in [6, 6.07) is -0.680. The quantitative estimate of drug-likeness (QED) is 0.574. The maximum absolute atomic E-state index is 11.5. The molecule has 0 aromatic heterocycles. The van der Waals surface area contributed by atoms with E-state index < -0.39 is 33.3 Å². The molecule has 0 aliphatic carbocycles. The second-order valence-corrected chi connectivity index (χ2v) is 5.76. The number of carbonyl (C=O) groups is 2. The summed E-state index contributed by atoms with van der Waals surface area (Å²) in [5.74, 6) is -1.57. The van der Waals surface area contributed by atoms with Crippen LogP contribution in [0.5, 0.6) is 0 Å². The molecule has 0 unspecified atom stereocenters. The number of aliphatic carboxylic acids is 1. The number of nitrogens with two attached hydrogens (primary N) is 1. The van der Waals surface area contributed by atoms with Gasteiger partial charge in [0.1, 0.15) is 5.54 Å². The fourth-order valence-corrected chi connectivity index (χ4v) is 1.20. The van der Waals surface area contributed by atoms with Gasteiger partial charge in [-0.15, -0.1) is 0 Å². The first kappa shape index (κ1) is 15.7. The maximum Gasteiger partial charge on any atom is 0.329 e. The van der Waals surface area contributed by atoms with Gasteiger partial charge in [0.2, 0.25) is 10.0 Å². The molecular weight excluding hydrogens is 250 g/mol. The maximum atomic E-state index is 11.5. The van der Waals surface area contributed by atoms with Gasteiger partial charge in [0.05, 0.1) is 5.75 Å². The summed E-state index contributed by atoms with van der Waals surface area (Å²) in [7, 11) is -2.34. The topological polar surface area (TPSA) is 130 Å². The monoisotopic (exact) mass is 267 g/mol. The summed E-state index contributed by atoms with van der Waals surface area (Å²) in [5, 5.41) is 15.9. The molecule has 0 aliphatic heterocycles. The third-order valence-electron chi connectivity index (χ3n) is 2.33. The zero-order valence-electron chi connectivity index (χ0n) is 9.93. The average molecular weight is 267 g/mol. The molecule has 0 aliphatic rings. The first-order valence-electron chi connectivity index (χ1n) is 4.74. The van der Waals surface area contributed by atoms with Crippen LogP contribution >= 0.6 is 0 Å². The van der Waals surface area contributed by atoms with Gasteiger partial charge in [-0.2, -0.15) is 0 Å². The van der Waals surface area contributed by atoms with Gasteiger partial charge in [-0.05, 0) is 13.8 Å². The number of urea groups is 1. The molecule has 0 saturated carbocycles. The highest BCUT2D eigenvalue weighted by molar-refractivity contribution is 7.89. The molecule has 0 heterocycles. The molecule has 0 atom stereocenters. The van der Waals surface area contributed by atoms with E-state index in [1.54, 1.807) is 0 Å². The number of nitrogens with zero attached hydrogens (tertiary/aromatic N) is 1. The predicted molar refractivity (Wildman–Crippen MR) is 60.9 cm³/mol. The number of hydrogen-bond acceptors (Lipinski definition) is 4. The Kier molecular flexibility index (Phi) is 4.90. The highest BCUT2D eigenvalue weighted by Gasteiger charge is 2.35. The third kappa shape index (κ3) is 5.00. The highest BCUT2D eigenvalue weighted by Crippen LogP contribution is 2.11. The fraction of sp³-hybridized carbons (Fsp3) is 0.750. The van der Waals surface area contributed by atoms with Crippen molar-refractivity contribution in [1.29, 1.82) is 0 Å². The molecule has 0 bridgehead atoms. The molecule has 2 amide bonds. The molecule has 0 radical (unpaired) electrons. The van der Waals surface area contributed by atoms with Crippen molar-refractivity contribution in [1.82, 2.24) is 10.2 Å². The molecule has 0 aromatic carbocycles. The van der Waals surface area contributed by atoms with Crippen molar-refractivity contribution in [3.63, 3.8) is 0 Å². The van der Waals surface area contributed by atoms with Crippen LogP contribution in [0.1, 0.15) is 13.8 Å². The van der Waals surface area contributed by atoms with E-state index in [0.717, 1.165) is 4.90 Å². The van der Waals surface area contributed by atoms with E-state index in [-0.39, 0.29) is 6.54 Å². The number of primary sulfonamides is 1. The first-order chi connectivity index (χ1) is 7.48. The molecule has 8 nitrogen and oxygen atoms in total. The molecule has 0 aromatic rings. The lowest BCUT2D eigenvalue weighted by Crippen LogP contribution is -2.54. The van der Waals surface area contributed by atoms with Gasteiger partial charge >= 0.3 is 12.0 Å². The number of amides is 2. The zero-order chi connectivity index (χ0) is 13.9. The summed E-state index contributed by atoms with van der Waals surface area (Å²) in [5.41, 5.74) is -1.38. The number of carboxylic acids is 1. The van der Waals surface area contributed by atoms with Gasteiger partial charge in [-0.3, -0.25) is 0 Å². The van der Waals surface area contributed by atoms with E-state index in [1.165, 1.54) is 20.9 Å². The molecule has 4 N–H and O–H groups in total. The van der Waals surface area contributed by atoms with E-state index in [2.05, 4.69) is 5.32 Å². The third-order valence-corrected chi connectivity index (χ3v) is 3.10. The van der Waals surface area contributed by atoms with Crippen LogP contribution in [-0.2, 0) is 14.8 Å². The molecule has 100 valence electrons. The second-order valence-electron chi connectivity index (χ2n) is 4.02. The Morgan fingerprint density at radius 3 is 2.24 bits per heavy atom. The number of rotatable bonds is 5. The molecule has 0 rings (SSSR count). The molecule has 0 saturated heterocycles. The molecule has 0 fully saturated rings. The van der Waals surface area contributed by atoms with Crippen LogP contribution in [0.25, 0.3) is 0 Å². The molecule has 9 heteroatoms. The van der Waals surface area contributed by atoms with Crippen LogP contribution in [0.2, 0.25) is 0 Å². The number of likely N-dealkylation sites (N-methyl/N-ethyl adjacent to an activating group) is 1. The SMILES string of the molecule is CN(C(=O)NCCS(N)(=O)=O)C(C)(C)C(=O)O. The van der Waals surface area contributed by atoms with Crippen LogP contribution in [0.15, 0.2) is 0 Å². The van der Waals surface area contributed by atoms with E-state index >= 15 is 0 Å². The number of sulfonamides is 1. The Balaban J connectivity index is 4.39. The van der Waals surface area contributed by atoms with Crippen molar-refractivity contribution in [2.24, 2.45) is 5.14 Å². The largest absolute Gasteiger partial charge is 0.480 e. The lowest BCUT2D eigenvalue weighted by Gasteiger charge is -2.31. The van der Waals surface area contributed by atoms with Gasteiger partial charge in [-0.25, -0.2) is 23.1 Å². The minimum atomic E-state index is -3.65. The summed E-state index contributed by atoms with van der Waals surface area (Å²) in [6.07, 6.45) is 0. The molecule has 17 heavy (non-hydrogen) atoms. The fourth-order valence-electron chi connectivity index (χ4n) is 0.816. The normalized spacial score (nSPS) is 12.0. The van der Waals surface area contributed by atoms with Crippen LogP contribution < -0.4 is 10.5 Å². The average Bonchev–Trinajstić information content (AvgIpc) is 2.13. The standard InChI is InChI=1S/C8H17N3O5S/c1-8(2,6(12)13)11(3)7(14)10-4-5-17(9,15)16/h4-5H2,1-3H3,(H,10,14)(H,12,13)(H2,9,15,16). The smallest absolute Gasteiger partial charge is 0.329 e. The summed E-state index contributed by atoms with van der Waals surface area (Å²) < 4.78 is 21.2. The van der Waals surface area contributed by atoms with E-state index in [0.29, 0.717) is 0 Å². The molecular formula is C8H17N3O5S. The van der Waals surface area contributed by atoms with Gasteiger partial charge in [0.25, 0.3) is 0 Å². The van der Waals surface area contributed by atoms with Crippen molar-refractivity contribution in [2.75, 3.05) is 19.3 Å². The molecule has 0 spiro atoms. The van der Waals surface area contributed by atoms with Gasteiger partial charge in [0.15, 0.2) is 0 Å². The Morgan fingerprint density at radius 1 is 1.41 bits per heavy atom. The van der Waals surface area contributed by atoms with Gasteiger partial charge in [0, 0.05) is 13.6 Å². The Hall–Kier alpha value is -1.35. The minimum absolute atomic E-state index is 0.169. The van der Waals surface area contributed by atoms with Crippen LogP contribution in [0, 0.1) is 0 Å². The number of hydrogen-bond donors (Lipinski definition) is 3. The minimum Gasteiger partial charge on any atom is -0.480 e. The Bertz CT molecular complexity index is 403. The van der Waals surface area contributed by atoms with Crippen LogP contribution in [0.3, 0.4) is 0 Å². The number of carbonyl (C=O) groups excluding carboxylic acids is 1. The van der Waals surface area contributed by atoms with Crippen molar-refractivity contribution in [2.45, 2.75) is 19.4 Å². The zero-order valence-corrected chi connectivity index (χ0v) is 10.7. The van der Waals surface area contributed by atoms with E-state index in [1.807, 2.05) is 0 Å². The van der Waals surface area contributed by atoms with E-state index in [4.69, 9.17) is 10.2 Å². The van der Waals surface area contributed by atoms with Crippen molar-refractivity contribution >= 4 is 22.0 Å². The summed E-state index contributed by atoms with van der Waals surface area (Å²) in [4.78, 5) is 23.3. The predicted octanol–water partition coefficient (Wildman–Crippen LogP) is -1.22. The van der Waals surface area contributed by atoms with Gasteiger partial charge in [-0.1, -0.05) is 0 Å². The summed E-state index contributed by atoms with van der Waals surface area (Å²) in [6.45, 7) is 2.54. The first-order valence-corrected chi connectivity index (χ1v) is 6.45. The van der Waals surface area contributed by atoms with E-state index in [9.17, 15) is 18.0 Å². The second kappa shape index (κ2) is 5.32. The van der Waals surface area contributed by atoms with Crippen molar-refractivity contribution in [3.8, 4) is 0 Å². The van der Waals surface area contributed by atoms with Crippen LogP contribution in [0.4, 0.5) is 4.79 Å². The van der Waals surface area contributed by atoms with Crippen LogP contribution in [-0.4, -0.2) is 55.3 Å². The lowest BCUT2D eigenvalue weighted by atomic mass is 10.1. The number of carboxylic acid groups (broad SMARTS) is 1. The van der Waals surface area contributed by atoms with Crippen molar-refractivity contribution < 1.29 is 23.1 Å². The Morgan fingerprint density at radius 2 is 1.88 bits per heavy atom. The lowest BCUT2D eigenvalue weighted by molar-refractivity contribution is -0.146. The van der Waals surface area contributed by atoms with Crippen molar-refractivity contribution in [3.05, 3.63) is 0 Å². The summed E-state index contributed by atoms with van der Waals surface area (Å²) >= 11 is 0. The number of nitrogens with one attached hydrogen (secondary N) is 1. The Labute approximate surface area is 99.8 Å².